The van der Waals surface area contributed by atoms with Crippen molar-refractivity contribution in [2.45, 2.75) is 33.2 Å². The van der Waals surface area contributed by atoms with Gasteiger partial charge in [0.25, 0.3) is 0 Å². The predicted octanol–water partition coefficient (Wildman–Crippen LogP) is 2.98. The lowest BCUT2D eigenvalue weighted by Gasteiger charge is -2.23. The van der Waals surface area contributed by atoms with E-state index in [1.807, 2.05) is 13.8 Å². The van der Waals surface area contributed by atoms with Crippen molar-refractivity contribution in [3.05, 3.63) is 35.8 Å². The van der Waals surface area contributed by atoms with Crippen molar-refractivity contribution in [1.29, 1.82) is 0 Å². The molecule has 118 valence electrons. The number of pyridine rings is 1. The third-order valence-electron chi connectivity index (χ3n) is 3.09. The Morgan fingerprint density at radius 3 is 2.38 bits per heavy atom. The number of nitrogens with zero attached hydrogens (tertiary/aromatic N) is 3. The highest BCUT2D eigenvalue weighted by molar-refractivity contribution is 5.51. The summed E-state index contributed by atoms with van der Waals surface area (Å²) in [6.45, 7) is 9.35. The van der Waals surface area contributed by atoms with Gasteiger partial charge in [0, 0.05) is 13.2 Å². The van der Waals surface area contributed by atoms with Gasteiger partial charge >= 0.3 is 6.18 Å². The number of halogens is 3. The number of β-amino-alcohol motifs (C(OH)–C–C–N with tert-alkyl or cyclic N) is 1. The summed E-state index contributed by atoms with van der Waals surface area (Å²) in [5.74, 6) is 0.455. The Bertz CT molecular complexity index is 517. The number of alkyl halides is 3. The molecule has 0 radical (unpaired) electrons. The molecular weight excluding hydrogens is 283 g/mol. The number of aliphatic hydroxyl groups is 1. The maximum atomic E-state index is 12.8. The molecule has 0 spiro atoms. The van der Waals surface area contributed by atoms with Crippen LogP contribution in [0.25, 0.3) is 0 Å². The largest absolute Gasteiger partial charge is 0.416 e. The van der Waals surface area contributed by atoms with Gasteiger partial charge in [-0.1, -0.05) is 20.4 Å². The van der Waals surface area contributed by atoms with E-state index >= 15 is 0 Å². The molecule has 4 nitrogen and oxygen atoms in total. The highest BCUT2D eigenvalue weighted by Crippen LogP contribution is 2.35. The molecule has 2 rings (SSSR count). The molecule has 0 aromatic carbocycles. The number of aliphatic hydroxyl groups excluding tert-OH is 1. The first-order valence-electron chi connectivity index (χ1n) is 6.63. The first-order valence-corrected chi connectivity index (χ1v) is 6.63. The molecule has 0 bridgehead atoms. The van der Waals surface area contributed by atoms with Crippen molar-refractivity contribution < 1.29 is 18.3 Å². The van der Waals surface area contributed by atoms with Crippen LogP contribution in [0, 0.1) is 6.92 Å². The van der Waals surface area contributed by atoms with Gasteiger partial charge in [-0.15, -0.1) is 0 Å². The third kappa shape index (κ3) is 3.47. The Hall–Kier alpha value is -1.76. The van der Waals surface area contributed by atoms with Crippen molar-refractivity contribution in [2.24, 2.45) is 0 Å². The van der Waals surface area contributed by atoms with E-state index < -0.39 is 18.0 Å². The first-order chi connectivity index (χ1) is 9.71. The fraction of sp³-hybridized carbons (Fsp3) is 0.500. The summed E-state index contributed by atoms with van der Waals surface area (Å²) in [6, 6.07) is 0.933. The Labute approximate surface area is 122 Å². The fourth-order valence-corrected chi connectivity index (χ4v) is 2.02. The molecule has 0 saturated carbocycles. The summed E-state index contributed by atoms with van der Waals surface area (Å²) in [7, 11) is 1.70. The zero-order valence-electron chi connectivity index (χ0n) is 12.6. The number of anilines is 1. The van der Waals surface area contributed by atoms with Gasteiger partial charge in [0.15, 0.2) is 6.23 Å². The van der Waals surface area contributed by atoms with Gasteiger partial charge < -0.3 is 10.0 Å². The molecule has 2 heterocycles. The van der Waals surface area contributed by atoms with Crippen LogP contribution < -0.4 is 4.90 Å². The number of hydrogen-bond acceptors (Lipinski definition) is 4. The normalized spacial score (nSPS) is 18.7. The lowest BCUT2D eigenvalue weighted by molar-refractivity contribution is -0.138. The zero-order valence-corrected chi connectivity index (χ0v) is 12.6. The van der Waals surface area contributed by atoms with Gasteiger partial charge in [-0.05, 0) is 18.6 Å². The van der Waals surface area contributed by atoms with Crippen LogP contribution in [0.3, 0.4) is 0 Å². The molecule has 1 unspecified atom stereocenters. The van der Waals surface area contributed by atoms with Gasteiger partial charge in [0.1, 0.15) is 11.6 Å². The van der Waals surface area contributed by atoms with E-state index in [0.29, 0.717) is 5.82 Å². The van der Waals surface area contributed by atoms with Crippen LogP contribution in [0.1, 0.15) is 25.0 Å². The highest BCUT2D eigenvalue weighted by atomic mass is 19.4. The topological polar surface area (TPSA) is 39.6 Å². The molecule has 1 aliphatic heterocycles. The molecule has 1 aliphatic rings. The maximum Gasteiger partial charge on any atom is 0.416 e. The monoisotopic (exact) mass is 303 g/mol. The van der Waals surface area contributed by atoms with Gasteiger partial charge in [-0.25, -0.2) is 4.98 Å². The smallest absolute Gasteiger partial charge is 0.371 e. The standard InChI is InChI=1S/C12H14F3N3O.C2H6/c1-7-5-16-10(4-9(7)12(13,14)15)18-8(2)17(3)6-11(18)19;1-2/h4-5,11,19H,2,6H2,1,3H3;1-2H3. The summed E-state index contributed by atoms with van der Waals surface area (Å²) in [5, 5.41) is 9.85. The van der Waals surface area contributed by atoms with E-state index in [0.717, 1.165) is 12.3 Å². The summed E-state index contributed by atoms with van der Waals surface area (Å²) in [4.78, 5) is 6.89. The van der Waals surface area contributed by atoms with Gasteiger partial charge in [-0.3, -0.25) is 4.90 Å². The van der Waals surface area contributed by atoms with Crippen molar-refractivity contribution in [1.82, 2.24) is 9.88 Å². The fourth-order valence-electron chi connectivity index (χ4n) is 2.02. The molecule has 1 saturated heterocycles. The number of likely N-dealkylation sites (N-methyl/N-ethyl adjacent to an activating group) is 1. The minimum Gasteiger partial charge on any atom is -0.371 e. The lowest BCUT2D eigenvalue weighted by Crippen LogP contribution is -2.30. The molecule has 1 aromatic heterocycles. The summed E-state index contributed by atoms with van der Waals surface area (Å²) < 4.78 is 38.5. The minimum atomic E-state index is -4.44. The maximum absolute atomic E-state index is 12.8. The number of aromatic nitrogens is 1. The Balaban J connectivity index is 0.00000106. The van der Waals surface area contributed by atoms with E-state index in [4.69, 9.17) is 0 Å². The number of aryl methyl sites for hydroxylation is 1. The molecule has 1 fully saturated rings. The van der Waals surface area contributed by atoms with Gasteiger partial charge in [-0.2, -0.15) is 13.2 Å². The summed E-state index contributed by atoms with van der Waals surface area (Å²) in [6.07, 6.45) is -4.25. The van der Waals surface area contributed by atoms with E-state index in [1.165, 1.54) is 11.8 Å². The summed E-state index contributed by atoms with van der Waals surface area (Å²) >= 11 is 0. The Kier molecular flexibility index (Phi) is 5.22. The van der Waals surface area contributed by atoms with E-state index in [2.05, 4.69) is 11.6 Å². The van der Waals surface area contributed by atoms with Crippen molar-refractivity contribution in [3.8, 4) is 0 Å². The quantitative estimate of drug-likeness (QED) is 0.866. The van der Waals surface area contributed by atoms with Gasteiger partial charge in [0.05, 0.1) is 12.1 Å². The van der Waals surface area contributed by atoms with Gasteiger partial charge in [0.2, 0.25) is 0 Å². The molecule has 1 aromatic rings. The molecule has 1 atom stereocenters. The van der Waals surface area contributed by atoms with Crippen molar-refractivity contribution in [3.63, 3.8) is 0 Å². The van der Waals surface area contributed by atoms with Crippen LogP contribution in [0.4, 0.5) is 19.0 Å². The highest BCUT2D eigenvalue weighted by Gasteiger charge is 2.36. The van der Waals surface area contributed by atoms with Crippen LogP contribution in [0.5, 0.6) is 0 Å². The number of hydrogen-bond donors (Lipinski definition) is 1. The summed E-state index contributed by atoms with van der Waals surface area (Å²) in [5.41, 5.74) is -0.712. The van der Waals surface area contributed by atoms with Crippen molar-refractivity contribution in [2.75, 3.05) is 18.5 Å². The molecule has 7 heteroatoms. The van der Waals surface area contributed by atoms with Crippen LogP contribution in [-0.4, -0.2) is 34.8 Å². The average molecular weight is 303 g/mol. The minimum absolute atomic E-state index is 0.0415. The lowest BCUT2D eigenvalue weighted by atomic mass is 10.1. The second-order valence-corrected chi connectivity index (χ2v) is 4.50. The molecular formula is C14H20F3N3O. The Morgan fingerprint density at radius 2 is 1.95 bits per heavy atom. The average Bonchev–Trinajstić information content (AvgIpc) is 2.65. The first kappa shape index (κ1) is 17.3. The molecule has 1 N–H and O–H groups in total. The van der Waals surface area contributed by atoms with Crippen LogP contribution in [0.2, 0.25) is 0 Å². The van der Waals surface area contributed by atoms with Crippen LogP contribution >= 0.6 is 0 Å². The molecule has 0 aliphatic carbocycles. The zero-order chi connectivity index (χ0) is 16.4. The second kappa shape index (κ2) is 6.34. The van der Waals surface area contributed by atoms with Crippen LogP contribution in [0.15, 0.2) is 24.7 Å². The third-order valence-corrected chi connectivity index (χ3v) is 3.09. The number of rotatable bonds is 1. The molecule has 21 heavy (non-hydrogen) atoms. The van der Waals surface area contributed by atoms with E-state index in [9.17, 15) is 18.3 Å². The van der Waals surface area contributed by atoms with E-state index in [1.54, 1.807) is 11.9 Å². The SMILES string of the molecule is C=C1N(C)CC(O)N1c1cc(C(F)(F)F)c(C)cn1.CC. The van der Waals surface area contributed by atoms with E-state index in [-0.39, 0.29) is 17.9 Å². The molecule has 0 amide bonds. The second-order valence-electron chi connectivity index (χ2n) is 4.50. The van der Waals surface area contributed by atoms with Crippen LogP contribution in [-0.2, 0) is 6.18 Å². The predicted molar refractivity (Wildman–Crippen MR) is 75.6 cm³/mol. The van der Waals surface area contributed by atoms with Crippen molar-refractivity contribution >= 4 is 5.82 Å². The Morgan fingerprint density at radius 1 is 1.38 bits per heavy atom.